The third kappa shape index (κ3) is 2.99. The molecule has 0 fully saturated rings. The van der Waals surface area contributed by atoms with Crippen molar-refractivity contribution in [2.75, 3.05) is 12.3 Å². The van der Waals surface area contributed by atoms with Crippen molar-refractivity contribution in [2.45, 2.75) is 6.42 Å². The van der Waals surface area contributed by atoms with Crippen LogP contribution in [0, 0.1) is 5.82 Å². The highest BCUT2D eigenvalue weighted by Crippen LogP contribution is 2.27. The highest BCUT2D eigenvalue weighted by molar-refractivity contribution is 5.46. The summed E-state index contributed by atoms with van der Waals surface area (Å²) in [5, 5.41) is 8.96. The molecule has 0 aliphatic carbocycles. The number of hydrogen-bond donors (Lipinski definition) is 2. The average molecular weight is 247 g/mol. The maximum Gasteiger partial charge on any atom is 0.132 e. The lowest BCUT2D eigenvalue weighted by Crippen LogP contribution is -1.96. The summed E-state index contributed by atoms with van der Waals surface area (Å²) in [7, 11) is 0. The lowest BCUT2D eigenvalue weighted by molar-refractivity contribution is 0.298. The van der Waals surface area contributed by atoms with Gasteiger partial charge in [-0.3, -0.25) is 0 Å². The zero-order valence-corrected chi connectivity index (χ0v) is 9.77. The number of nitrogens with two attached hydrogens (primary N) is 1. The quantitative estimate of drug-likeness (QED) is 0.817. The van der Waals surface area contributed by atoms with Gasteiger partial charge in [0.05, 0.1) is 0 Å². The molecule has 0 bridgehead atoms. The zero-order valence-electron chi connectivity index (χ0n) is 9.77. The highest BCUT2D eigenvalue weighted by atomic mass is 19.1. The van der Waals surface area contributed by atoms with Gasteiger partial charge in [-0.25, -0.2) is 4.39 Å². The van der Waals surface area contributed by atoms with Crippen molar-refractivity contribution < 1.29 is 14.2 Å². The van der Waals surface area contributed by atoms with E-state index in [-0.39, 0.29) is 6.61 Å². The SMILES string of the molecule is Nc1cc(F)cc(Oc2ccccc2CCO)c1. The molecule has 4 heteroatoms. The maximum absolute atomic E-state index is 13.2. The number of rotatable bonds is 4. The van der Waals surface area contributed by atoms with Gasteiger partial charge in [0.2, 0.25) is 0 Å². The van der Waals surface area contributed by atoms with Gasteiger partial charge in [0.25, 0.3) is 0 Å². The van der Waals surface area contributed by atoms with Gasteiger partial charge in [-0.15, -0.1) is 0 Å². The maximum atomic E-state index is 13.2. The fourth-order valence-corrected chi connectivity index (χ4v) is 1.70. The van der Waals surface area contributed by atoms with Crippen LogP contribution >= 0.6 is 0 Å². The zero-order chi connectivity index (χ0) is 13.0. The highest BCUT2D eigenvalue weighted by Gasteiger charge is 2.05. The van der Waals surface area contributed by atoms with Gasteiger partial charge in [0.15, 0.2) is 0 Å². The van der Waals surface area contributed by atoms with Crippen molar-refractivity contribution in [3.8, 4) is 11.5 Å². The van der Waals surface area contributed by atoms with Crippen LogP contribution < -0.4 is 10.5 Å². The van der Waals surface area contributed by atoms with Crippen LogP contribution in [0.3, 0.4) is 0 Å². The van der Waals surface area contributed by atoms with Gasteiger partial charge in [0.1, 0.15) is 17.3 Å². The topological polar surface area (TPSA) is 55.5 Å². The fraction of sp³-hybridized carbons (Fsp3) is 0.143. The molecule has 18 heavy (non-hydrogen) atoms. The van der Waals surface area contributed by atoms with Gasteiger partial charge >= 0.3 is 0 Å². The van der Waals surface area contributed by atoms with E-state index in [1.165, 1.54) is 12.1 Å². The van der Waals surface area contributed by atoms with Crippen LogP contribution in [0.2, 0.25) is 0 Å². The van der Waals surface area contributed by atoms with Crippen LogP contribution in [0.5, 0.6) is 11.5 Å². The molecule has 0 saturated heterocycles. The molecule has 0 spiro atoms. The van der Waals surface area contributed by atoms with Gasteiger partial charge in [-0.2, -0.15) is 0 Å². The van der Waals surface area contributed by atoms with Crippen molar-refractivity contribution >= 4 is 5.69 Å². The number of halogens is 1. The minimum absolute atomic E-state index is 0.0334. The second-order valence-corrected chi connectivity index (χ2v) is 3.90. The molecule has 0 saturated carbocycles. The van der Waals surface area contributed by atoms with E-state index >= 15 is 0 Å². The van der Waals surface area contributed by atoms with Crippen LogP contribution in [0.15, 0.2) is 42.5 Å². The Kier molecular flexibility index (Phi) is 3.79. The number of para-hydroxylation sites is 1. The number of ether oxygens (including phenoxy) is 1. The molecule has 94 valence electrons. The van der Waals surface area contributed by atoms with E-state index in [0.29, 0.717) is 23.6 Å². The van der Waals surface area contributed by atoms with Crippen LogP contribution in [0.1, 0.15) is 5.56 Å². The monoisotopic (exact) mass is 247 g/mol. The van der Waals surface area contributed by atoms with E-state index in [2.05, 4.69) is 0 Å². The number of nitrogen functional groups attached to an aromatic ring is 1. The summed E-state index contributed by atoms with van der Waals surface area (Å²) in [5.74, 6) is 0.499. The molecule has 0 aliphatic rings. The van der Waals surface area contributed by atoms with Crippen molar-refractivity contribution in [2.24, 2.45) is 0 Å². The predicted octanol–water partition coefficient (Wildman–Crippen LogP) is 2.74. The van der Waals surface area contributed by atoms with Gasteiger partial charge in [-0.1, -0.05) is 18.2 Å². The van der Waals surface area contributed by atoms with E-state index < -0.39 is 5.82 Å². The summed E-state index contributed by atoms with van der Waals surface area (Å²) in [6, 6.07) is 11.4. The minimum Gasteiger partial charge on any atom is -0.457 e. The molecule has 0 unspecified atom stereocenters. The molecule has 0 radical (unpaired) electrons. The Labute approximate surface area is 105 Å². The molecule has 0 aliphatic heterocycles. The van der Waals surface area contributed by atoms with Gasteiger partial charge in [0, 0.05) is 24.4 Å². The number of aliphatic hydroxyl groups excluding tert-OH is 1. The molecule has 0 atom stereocenters. The first-order chi connectivity index (χ1) is 8.69. The van der Waals surface area contributed by atoms with Gasteiger partial charge < -0.3 is 15.6 Å². The molecule has 3 N–H and O–H groups in total. The number of anilines is 1. The van der Waals surface area contributed by atoms with Crippen molar-refractivity contribution in [1.29, 1.82) is 0 Å². The summed E-state index contributed by atoms with van der Waals surface area (Å²) in [6.45, 7) is 0.0334. The largest absolute Gasteiger partial charge is 0.457 e. The minimum atomic E-state index is -0.440. The van der Waals surface area contributed by atoms with E-state index in [1.807, 2.05) is 18.2 Å². The van der Waals surface area contributed by atoms with Crippen LogP contribution in [0.25, 0.3) is 0 Å². The number of aliphatic hydroxyl groups is 1. The molecule has 0 aromatic heterocycles. The van der Waals surface area contributed by atoms with E-state index in [9.17, 15) is 4.39 Å². The molecular weight excluding hydrogens is 233 g/mol. The Balaban J connectivity index is 2.27. The average Bonchev–Trinajstić information content (AvgIpc) is 2.30. The van der Waals surface area contributed by atoms with E-state index in [0.717, 1.165) is 5.56 Å². The van der Waals surface area contributed by atoms with Crippen molar-refractivity contribution in [1.82, 2.24) is 0 Å². The number of benzene rings is 2. The Morgan fingerprint density at radius 3 is 2.67 bits per heavy atom. The smallest absolute Gasteiger partial charge is 0.132 e. The predicted molar refractivity (Wildman–Crippen MR) is 68.1 cm³/mol. The first-order valence-electron chi connectivity index (χ1n) is 5.62. The lowest BCUT2D eigenvalue weighted by Gasteiger charge is -2.10. The van der Waals surface area contributed by atoms with Crippen molar-refractivity contribution in [3.05, 3.63) is 53.8 Å². The first kappa shape index (κ1) is 12.4. The number of hydrogen-bond acceptors (Lipinski definition) is 3. The Bertz CT molecular complexity index is 523. The van der Waals surface area contributed by atoms with E-state index in [4.69, 9.17) is 15.6 Å². The molecular formula is C14H14FNO2. The second-order valence-electron chi connectivity index (χ2n) is 3.90. The van der Waals surface area contributed by atoms with Crippen LogP contribution in [-0.2, 0) is 6.42 Å². The molecule has 2 aromatic rings. The molecule has 2 rings (SSSR count). The Hall–Kier alpha value is -2.07. The Morgan fingerprint density at radius 1 is 1.17 bits per heavy atom. The summed E-state index contributed by atoms with van der Waals surface area (Å²) in [6.07, 6.45) is 0.487. The summed E-state index contributed by atoms with van der Waals surface area (Å²) in [4.78, 5) is 0. The van der Waals surface area contributed by atoms with Gasteiger partial charge in [-0.05, 0) is 24.1 Å². The summed E-state index contributed by atoms with van der Waals surface area (Å²) < 4.78 is 18.8. The van der Waals surface area contributed by atoms with E-state index in [1.54, 1.807) is 12.1 Å². The molecule has 0 amide bonds. The Morgan fingerprint density at radius 2 is 1.94 bits per heavy atom. The third-order valence-corrected chi connectivity index (χ3v) is 2.48. The second kappa shape index (κ2) is 5.51. The first-order valence-corrected chi connectivity index (χ1v) is 5.62. The van der Waals surface area contributed by atoms with Crippen LogP contribution in [0.4, 0.5) is 10.1 Å². The third-order valence-electron chi connectivity index (χ3n) is 2.48. The van der Waals surface area contributed by atoms with Crippen molar-refractivity contribution in [3.63, 3.8) is 0 Å². The summed E-state index contributed by atoms with van der Waals surface area (Å²) in [5.41, 5.74) is 6.72. The summed E-state index contributed by atoms with van der Waals surface area (Å²) >= 11 is 0. The van der Waals surface area contributed by atoms with Crippen LogP contribution in [-0.4, -0.2) is 11.7 Å². The molecule has 2 aromatic carbocycles. The molecule has 0 heterocycles. The molecule has 3 nitrogen and oxygen atoms in total. The standard InChI is InChI=1S/C14H14FNO2/c15-11-7-12(16)9-13(8-11)18-14-4-2-1-3-10(14)5-6-17/h1-4,7-9,17H,5-6,16H2. The lowest BCUT2D eigenvalue weighted by atomic mass is 10.1. The fourth-order valence-electron chi connectivity index (χ4n) is 1.70. The normalized spacial score (nSPS) is 10.3.